The third-order valence-corrected chi connectivity index (χ3v) is 7.76. The normalized spacial score (nSPS) is 17.5. The Balaban J connectivity index is 1.52. The van der Waals surface area contributed by atoms with Crippen LogP contribution in [0, 0.1) is 0 Å². The van der Waals surface area contributed by atoms with Crippen LogP contribution in [-0.4, -0.2) is 45.9 Å². The van der Waals surface area contributed by atoms with Crippen molar-refractivity contribution in [3.63, 3.8) is 0 Å². The molecule has 1 fully saturated rings. The highest BCUT2D eigenvalue weighted by atomic mass is 32.1. The van der Waals surface area contributed by atoms with Gasteiger partial charge in [-0.25, -0.2) is 9.78 Å². The molecule has 1 atom stereocenters. The highest BCUT2D eigenvalue weighted by Crippen LogP contribution is 2.44. The van der Waals surface area contributed by atoms with Crippen molar-refractivity contribution in [3.8, 4) is 0 Å². The van der Waals surface area contributed by atoms with E-state index in [1.54, 1.807) is 0 Å². The van der Waals surface area contributed by atoms with Crippen LogP contribution in [0.4, 0.5) is 9.93 Å². The van der Waals surface area contributed by atoms with E-state index in [1.165, 1.54) is 28.0 Å². The lowest BCUT2D eigenvalue weighted by molar-refractivity contribution is 0.0636. The van der Waals surface area contributed by atoms with Crippen molar-refractivity contribution in [2.24, 2.45) is 0 Å². The molecule has 0 radical (unpaired) electrons. The summed E-state index contributed by atoms with van der Waals surface area (Å²) in [7, 11) is 0. The first-order chi connectivity index (χ1) is 19.3. The number of thiazole rings is 1. The molecule has 1 aliphatic heterocycles. The molecule has 0 saturated carbocycles. The van der Waals surface area contributed by atoms with Gasteiger partial charge in [0.1, 0.15) is 5.60 Å². The summed E-state index contributed by atoms with van der Waals surface area (Å²) in [6.07, 6.45) is 1.41. The first kappa shape index (κ1) is 27.8. The number of nitrogens with zero attached hydrogens (tertiary/aromatic N) is 2. The average Bonchev–Trinajstić information content (AvgIpc) is 3.38. The first-order valence-electron chi connectivity index (χ1n) is 13.5. The summed E-state index contributed by atoms with van der Waals surface area (Å²) in [5, 5.41) is 16.1. The number of aromatic nitrogens is 1. The number of carbonyl (C=O) groups excluding carboxylic acids is 1. The number of hydrogen-bond acceptors (Lipinski definition) is 6. The zero-order chi connectivity index (χ0) is 28.2. The highest BCUT2D eigenvalue weighted by molar-refractivity contribution is 7.14. The molecule has 4 aromatic rings. The number of anilines is 1. The van der Waals surface area contributed by atoms with Crippen molar-refractivity contribution in [2.45, 2.75) is 44.4 Å². The number of aliphatic hydroxyl groups excluding tert-OH is 1. The van der Waals surface area contributed by atoms with Crippen LogP contribution in [0.1, 0.15) is 49.6 Å². The number of hydrogen-bond donors (Lipinski definition) is 2. The monoisotopic (exact) mass is 553 g/mol. The molecule has 2 heterocycles. The minimum Gasteiger partial charge on any atom is -0.444 e. The minimum atomic E-state index is -0.593. The summed E-state index contributed by atoms with van der Waals surface area (Å²) >= 11 is 1.33. The molecule has 0 spiro atoms. The summed E-state index contributed by atoms with van der Waals surface area (Å²) in [4.78, 5) is 19.2. The molecule has 1 unspecified atom stereocenters. The van der Waals surface area contributed by atoms with Crippen LogP contribution in [0.25, 0.3) is 6.08 Å². The van der Waals surface area contributed by atoms with Gasteiger partial charge in [-0.3, -0.25) is 10.2 Å². The predicted molar refractivity (Wildman–Crippen MR) is 161 cm³/mol. The largest absolute Gasteiger partial charge is 0.444 e. The molecule has 2 N–H and O–H groups in total. The van der Waals surface area contributed by atoms with Crippen LogP contribution >= 0.6 is 11.3 Å². The molecule has 1 aliphatic rings. The lowest BCUT2D eigenvalue weighted by Crippen LogP contribution is -2.52. The second kappa shape index (κ2) is 11.8. The number of rotatable bonds is 6. The molecule has 1 amide bonds. The Morgan fingerprint density at radius 2 is 1.48 bits per heavy atom. The van der Waals surface area contributed by atoms with E-state index in [2.05, 4.69) is 88.0 Å². The van der Waals surface area contributed by atoms with Crippen LogP contribution in [0.2, 0.25) is 0 Å². The molecule has 6 nitrogen and oxygen atoms in total. The second-order valence-corrected chi connectivity index (χ2v) is 11.8. The van der Waals surface area contributed by atoms with Gasteiger partial charge in [-0.15, -0.1) is 11.3 Å². The molecule has 7 heteroatoms. The van der Waals surface area contributed by atoms with Crippen LogP contribution in [0.3, 0.4) is 0 Å². The summed E-state index contributed by atoms with van der Waals surface area (Å²) in [6, 6.07) is 31.7. The molecule has 0 aliphatic carbocycles. The number of amides is 1. The van der Waals surface area contributed by atoms with Gasteiger partial charge in [0.2, 0.25) is 0 Å². The quantitative estimate of drug-likeness (QED) is 0.253. The molecule has 206 valence electrons. The first-order valence-corrected chi connectivity index (χ1v) is 14.4. The Bertz CT molecular complexity index is 1350. The number of ether oxygens (including phenoxy) is 1. The van der Waals surface area contributed by atoms with Crippen LogP contribution in [0.15, 0.2) is 102 Å². The summed E-state index contributed by atoms with van der Waals surface area (Å²) in [5.74, 6) is 0. The fraction of sp³-hybridized carbons (Fsp3) is 0.273. The third-order valence-electron chi connectivity index (χ3n) is 6.99. The highest BCUT2D eigenvalue weighted by Gasteiger charge is 2.44. The number of benzene rings is 3. The van der Waals surface area contributed by atoms with Crippen molar-refractivity contribution in [1.82, 2.24) is 9.88 Å². The molecule has 1 saturated heterocycles. The van der Waals surface area contributed by atoms with Gasteiger partial charge in [-0.2, -0.15) is 0 Å². The Kier molecular flexibility index (Phi) is 8.17. The smallest absolute Gasteiger partial charge is 0.413 e. The minimum absolute atomic E-state index is 0.454. The van der Waals surface area contributed by atoms with E-state index in [0.29, 0.717) is 30.3 Å². The SMILES string of the molecule is CC(C)(C)OC(=O)Nc1nc(C=C2CN(C(c3ccccc3)(c3ccccc3)c3ccccc3)CCC2O)cs1. The maximum Gasteiger partial charge on any atom is 0.413 e. The summed E-state index contributed by atoms with van der Waals surface area (Å²) in [5.41, 5.74) is 3.92. The second-order valence-electron chi connectivity index (χ2n) is 11.0. The van der Waals surface area contributed by atoms with Crippen LogP contribution in [-0.2, 0) is 10.3 Å². The number of piperidine rings is 1. The Hall–Kier alpha value is -3.78. The van der Waals surface area contributed by atoms with Gasteiger partial charge in [-0.05, 0) is 55.5 Å². The lowest BCUT2D eigenvalue weighted by Gasteiger charge is -2.48. The molecule has 3 aromatic carbocycles. The van der Waals surface area contributed by atoms with Crippen molar-refractivity contribution < 1.29 is 14.6 Å². The molecular formula is C33H35N3O3S. The average molecular weight is 554 g/mol. The van der Waals surface area contributed by atoms with E-state index < -0.39 is 23.3 Å². The van der Waals surface area contributed by atoms with Gasteiger partial charge in [-0.1, -0.05) is 91.0 Å². The van der Waals surface area contributed by atoms with Crippen LogP contribution in [0.5, 0.6) is 0 Å². The van der Waals surface area contributed by atoms with E-state index in [9.17, 15) is 9.90 Å². The van der Waals surface area contributed by atoms with Gasteiger partial charge in [0, 0.05) is 18.5 Å². The molecule has 40 heavy (non-hydrogen) atoms. The summed E-state index contributed by atoms with van der Waals surface area (Å²) < 4.78 is 5.35. The lowest BCUT2D eigenvalue weighted by atomic mass is 9.74. The Morgan fingerprint density at radius 3 is 1.98 bits per heavy atom. The van der Waals surface area contributed by atoms with Gasteiger partial charge in [0.15, 0.2) is 5.13 Å². The standard InChI is InChI=1S/C33H35N3O3S/c1-32(2,3)39-31(38)35-30-34-28(23-40-30)21-24-22-36(20-19-29(24)37)33(25-13-7-4-8-14-25,26-15-9-5-10-16-26)27-17-11-6-12-18-27/h4-18,21,23,29,37H,19-20,22H2,1-3H3,(H,34,35,38). The number of nitrogens with one attached hydrogen (secondary N) is 1. The van der Waals surface area contributed by atoms with Crippen LogP contribution < -0.4 is 5.32 Å². The maximum atomic E-state index is 12.2. The van der Waals surface area contributed by atoms with Gasteiger partial charge in [0.25, 0.3) is 0 Å². The fourth-order valence-corrected chi connectivity index (χ4v) is 6.03. The van der Waals surface area contributed by atoms with Gasteiger partial charge >= 0.3 is 6.09 Å². The fourth-order valence-electron chi connectivity index (χ4n) is 5.37. The zero-order valence-electron chi connectivity index (χ0n) is 23.1. The van der Waals surface area contributed by atoms with Crippen molar-refractivity contribution in [2.75, 3.05) is 18.4 Å². The predicted octanol–water partition coefficient (Wildman–Crippen LogP) is 6.93. The van der Waals surface area contributed by atoms with Crippen molar-refractivity contribution >= 4 is 28.6 Å². The number of carbonyl (C=O) groups is 1. The Morgan fingerprint density at radius 1 is 0.950 bits per heavy atom. The van der Waals surface area contributed by atoms with E-state index in [4.69, 9.17) is 4.74 Å². The van der Waals surface area contributed by atoms with E-state index in [1.807, 2.05) is 50.4 Å². The number of likely N-dealkylation sites (tertiary alicyclic amines) is 1. The number of aliphatic hydroxyl groups is 1. The molecular weight excluding hydrogens is 518 g/mol. The van der Waals surface area contributed by atoms with E-state index >= 15 is 0 Å². The van der Waals surface area contributed by atoms with Gasteiger partial charge in [0.05, 0.1) is 17.3 Å². The maximum absolute atomic E-state index is 12.2. The molecule has 1 aromatic heterocycles. The topological polar surface area (TPSA) is 74.7 Å². The molecule has 5 rings (SSSR count). The van der Waals surface area contributed by atoms with Gasteiger partial charge < -0.3 is 9.84 Å². The summed E-state index contributed by atoms with van der Waals surface area (Å²) in [6.45, 7) is 6.72. The van der Waals surface area contributed by atoms with E-state index in [-0.39, 0.29) is 0 Å². The zero-order valence-corrected chi connectivity index (χ0v) is 23.9. The van der Waals surface area contributed by atoms with E-state index in [0.717, 1.165) is 5.57 Å². The third kappa shape index (κ3) is 6.02. The van der Waals surface area contributed by atoms with Crippen molar-refractivity contribution in [1.29, 1.82) is 0 Å². The molecule has 0 bridgehead atoms. The Labute approximate surface area is 240 Å². The van der Waals surface area contributed by atoms with Crippen molar-refractivity contribution in [3.05, 3.63) is 124 Å².